The van der Waals surface area contributed by atoms with Gasteiger partial charge in [-0.3, -0.25) is 14.4 Å². The first kappa shape index (κ1) is 16.5. The molecule has 0 unspecified atom stereocenters. The van der Waals surface area contributed by atoms with Gasteiger partial charge < -0.3 is 15.2 Å². The van der Waals surface area contributed by atoms with E-state index in [1.54, 1.807) is 26.1 Å². The second-order valence-corrected chi connectivity index (χ2v) is 7.27. The molecule has 0 bridgehead atoms. The van der Waals surface area contributed by atoms with Gasteiger partial charge in [-0.15, -0.1) is 11.3 Å². The van der Waals surface area contributed by atoms with Crippen LogP contribution in [0.1, 0.15) is 27.2 Å². The maximum Gasteiger partial charge on any atom is 0.266 e. The maximum atomic E-state index is 12.7. The minimum absolute atomic E-state index is 0.00395. The zero-order chi connectivity index (χ0) is 18.4. The molecule has 1 aliphatic heterocycles. The lowest BCUT2D eigenvalue weighted by Crippen LogP contribution is -2.19. The van der Waals surface area contributed by atoms with Crippen LogP contribution in [0.3, 0.4) is 0 Å². The lowest BCUT2D eigenvalue weighted by atomic mass is 10.0. The van der Waals surface area contributed by atoms with E-state index < -0.39 is 0 Å². The molecule has 7 nitrogen and oxygen atoms in total. The van der Waals surface area contributed by atoms with E-state index >= 15 is 0 Å². The highest BCUT2D eigenvalue weighted by Crippen LogP contribution is 2.29. The van der Waals surface area contributed by atoms with Crippen LogP contribution in [0.25, 0.3) is 10.2 Å². The molecule has 2 amide bonds. The summed E-state index contributed by atoms with van der Waals surface area (Å²) in [5.41, 5.74) is 2.91. The summed E-state index contributed by atoms with van der Waals surface area (Å²) in [6.45, 7) is 1.76. The van der Waals surface area contributed by atoms with E-state index in [-0.39, 0.29) is 17.4 Å². The summed E-state index contributed by atoms with van der Waals surface area (Å²) >= 11 is 1.21. The number of nitrogens with one attached hydrogen (secondary N) is 2. The first-order valence-corrected chi connectivity index (χ1v) is 8.94. The van der Waals surface area contributed by atoms with Crippen LogP contribution in [-0.4, -0.2) is 21.4 Å². The van der Waals surface area contributed by atoms with Gasteiger partial charge in [0.2, 0.25) is 5.91 Å². The molecule has 0 saturated heterocycles. The Morgan fingerprint density at radius 1 is 1.31 bits per heavy atom. The van der Waals surface area contributed by atoms with Crippen molar-refractivity contribution in [3.63, 3.8) is 0 Å². The number of anilines is 2. The Hall–Kier alpha value is -3.00. The lowest BCUT2D eigenvalue weighted by Gasteiger charge is -2.17. The molecule has 0 saturated carbocycles. The predicted octanol–water partition coefficient (Wildman–Crippen LogP) is 2.44. The molecule has 0 spiro atoms. The summed E-state index contributed by atoms with van der Waals surface area (Å²) < 4.78 is 1.40. The van der Waals surface area contributed by atoms with E-state index in [0.717, 1.165) is 11.3 Å². The van der Waals surface area contributed by atoms with Gasteiger partial charge in [0.1, 0.15) is 4.83 Å². The van der Waals surface area contributed by atoms with Crippen LogP contribution >= 0.6 is 11.3 Å². The molecule has 1 aliphatic rings. The van der Waals surface area contributed by atoms with Gasteiger partial charge in [0.25, 0.3) is 11.5 Å². The van der Waals surface area contributed by atoms with Crippen molar-refractivity contribution in [1.29, 1.82) is 0 Å². The first-order chi connectivity index (χ1) is 12.4. The number of fused-ring (bicyclic) bond motifs is 2. The normalized spacial score (nSPS) is 13.4. The molecular weight excluding hydrogens is 352 g/mol. The Morgan fingerprint density at radius 2 is 2.12 bits per heavy atom. The number of benzene rings is 1. The number of carbonyl (C=O) groups excluding carboxylic acids is 2. The molecule has 26 heavy (non-hydrogen) atoms. The average molecular weight is 368 g/mol. The van der Waals surface area contributed by atoms with Gasteiger partial charge in [0.05, 0.1) is 16.6 Å². The van der Waals surface area contributed by atoms with Gasteiger partial charge in [0.15, 0.2) is 0 Å². The molecule has 0 fully saturated rings. The first-order valence-electron chi connectivity index (χ1n) is 8.13. The van der Waals surface area contributed by atoms with Crippen LogP contribution in [0.2, 0.25) is 0 Å². The molecule has 0 radical (unpaired) electrons. The Morgan fingerprint density at radius 3 is 2.92 bits per heavy atom. The van der Waals surface area contributed by atoms with Crippen LogP contribution in [-0.2, 0) is 18.3 Å². The average Bonchev–Trinajstić information content (AvgIpc) is 2.96. The van der Waals surface area contributed by atoms with Crippen molar-refractivity contribution in [2.24, 2.45) is 7.05 Å². The zero-order valence-electron chi connectivity index (χ0n) is 14.3. The monoisotopic (exact) mass is 368 g/mol. The second kappa shape index (κ2) is 6.06. The molecular formula is C18H16N4O3S. The highest BCUT2D eigenvalue weighted by Gasteiger charge is 2.20. The lowest BCUT2D eigenvalue weighted by molar-refractivity contribution is -0.116. The third-order valence-electron chi connectivity index (χ3n) is 4.48. The van der Waals surface area contributed by atoms with E-state index in [1.165, 1.54) is 22.2 Å². The molecule has 2 N–H and O–H groups in total. The Kier molecular flexibility index (Phi) is 3.84. The Labute approximate surface area is 152 Å². The van der Waals surface area contributed by atoms with Crippen LogP contribution in [0.5, 0.6) is 0 Å². The van der Waals surface area contributed by atoms with Crippen molar-refractivity contribution in [3.8, 4) is 0 Å². The molecule has 1 aromatic carbocycles. The summed E-state index contributed by atoms with van der Waals surface area (Å²) in [6.07, 6.45) is 2.54. The highest BCUT2D eigenvalue weighted by molar-refractivity contribution is 7.20. The number of hydrogen-bond donors (Lipinski definition) is 2. The summed E-state index contributed by atoms with van der Waals surface area (Å²) in [5.74, 6) is -0.267. The van der Waals surface area contributed by atoms with E-state index in [2.05, 4.69) is 15.6 Å². The number of aromatic nitrogens is 2. The number of carbonyl (C=O) groups is 2. The summed E-state index contributed by atoms with van der Waals surface area (Å²) in [4.78, 5) is 41.7. The number of aryl methyl sites for hydroxylation is 3. The minimum atomic E-state index is -0.271. The van der Waals surface area contributed by atoms with Crippen LogP contribution in [0.15, 0.2) is 29.3 Å². The van der Waals surface area contributed by atoms with Gasteiger partial charge >= 0.3 is 0 Å². The van der Waals surface area contributed by atoms with Crippen molar-refractivity contribution < 1.29 is 9.59 Å². The molecule has 3 heterocycles. The van der Waals surface area contributed by atoms with Crippen LogP contribution < -0.4 is 16.2 Å². The topological polar surface area (TPSA) is 93.1 Å². The van der Waals surface area contributed by atoms with Crippen LogP contribution in [0.4, 0.5) is 11.4 Å². The van der Waals surface area contributed by atoms with Crippen molar-refractivity contribution in [3.05, 3.63) is 50.9 Å². The maximum absolute atomic E-state index is 12.7. The van der Waals surface area contributed by atoms with Crippen molar-refractivity contribution >= 4 is 44.7 Å². The molecule has 0 aliphatic carbocycles. The van der Waals surface area contributed by atoms with E-state index in [9.17, 15) is 14.4 Å². The molecule has 4 rings (SSSR count). The van der Waals surface area contributed by atoms with Gasteiger partial charge in [-0.25, -0.2) is 4.98 Å². The molecule has 132 valence electrons. The van der Waals surface area contributed by atoms with Crippen LogP contribution in [0, 0.1) is 6.92 Å². The smallest absolute Gasteiger partial charge is 0.266 e. The fourth-order valence-corrected chi connectivity index (χ4v) is 4.11. The van der Waals surface area contributed by atoms with E-state index in [0.29, 0.717) is 39.2 Å². The Balaban J connectivity index is 1.66. The number of thiophene rings is 1. The van der Waals surface area contributed by atoms with Gasteiger partial charge in [-0.1, -0.05) is 0 Å². The fourth-order valence-electron chi connectivity index (χ4n) is 3.07. The minimum Gasteiger partial charge on any atom is -0.326 e. The fraction of sp³-hybridized carbons (Fsp3) is 0.222. The largest absolute Gasteiger partial charge is 0.326 e. The third-order valence-corrected chi connectivity index (χ3v) is 5.67. The van der Waals surface area contributed by atoms with Gasteiger partial charge in [0, 0.05) is 24.8 Å². The zero-order valence-corrected chi connectivity index (χ0v) is 15.1. The standard InChI is InChI=1S/C18H16N4O3S/c1-9-14-17(19-8-22(2)18(14)25)26-15(9)16(24)20-11-4-5-12-10(7-11)3-6-13(23)21-12/h4-5,7-8H,3,6H2,1-2H3,(H,20,24)(H,21,23). The van der Waals surface area contributed by atoms with Crippen molar-refractivity contribution in [2.75, 3.05) is 10.6 Å². The third kappa shape index (κ3) is 2.68. The quantitative estimate of drug-likeness (QED) is 0.727. The molecule has 2 aromatic heterocycles. The van der Waals surface area contributed by atoms with Gasteiger partial charge in [-0.2, -0.15) is 0 Å². The highest BCUT2D eigenvalue weighted by atomic mass is 32.1. The molecule has 8 heteroatoms. The SMILES string of the molecule is Cc1c(C(=O)Nc2ccc3c(c2)CCC(=O)N3)sc2ncn(C)c(=O)c12. The number of hydrogen-bond acceptors (Lipinski definition) is 5. The number of rotatable bonds is 2. The van der Waals surface area contributed by atoms with E-state index in [1.807, 2.05) is 6.07 Å². The predicted molar refractivity (Wildman–Crippen MR) is 101 cm³/mol. The summed E-state index contributed by atoms with van der Waals surface area (Å²) in [5, 5.41) is 6.18. The Bertz CT molecular complexity index is 1130. The van der Waals surface area contributed by atoms with Crippen molar-refractivity contribution in [2.45, 2.75) is 19.8 Å². The second-order valence-electron chi connectivity index (χ2n) is 6.27. The van der Waals surface area contributed by atoms with E-state index in [4.69, 9.17) is 0 Å². The van der Waals surface area contributed by atoms with Gasteiger partial charge in [-0.05, 0) is 42.7 Å². The summed E-state index contributed by atoms with van der Waals surface area (Å²) in [6, 6.07) is 5.41. The summed E-state index contributed by atoms with van der Waals surface area (Å²) in [7, 11) is 1.64. The number of amides is 2. The molecule has 0 atom stereocenters. The number of nitrogens with zero attached hydrogens (tertiary/aromatic N) is 2. The molecule has 3 aromatic rings. The van der Waals surface area contributed by atoms with Crippen molar-refractivity contribution in [1.82, 2.24) is 9.55 Å².